The SMILES string of the molecule is c1ccc(CCc2cnc(Nc3ccccc3)nc2)cc1. The van der Waals surface area contributed by atoms with Crippen molar-refractivity contribution in [1.82, 2.24) is 9.97 Å². The molecule has 2 aromatic carbocycles. The van der Waals surface area contributed by atoms with E-state index in [1.807, 2.05) is 48.8 Å². The lowest BCUT2D eigenvalue weighted by molar-refractivity contribution is 0.934. The van der Waals surface area contributed by atoms with Gasteiger partial charge in [-0.2, -0.15) is 0 Å². The molecule has 3 nitrogen and oxygen atoms in total. The molecule has 0 bridgehead atoms. The van der Waals surface area contributed by atoms with Crippen LogP contribution in [0.2, 0.25) is 0 Å². The smallest absolute Gasteiger partial charge is 0.227 e. The zero-order chi connectivity index (χ0) is 14.3. The highest BCUT2D eigenvalue weighted by molar-refractivity contribution is 5.52. The number of benzene rings is 2. The zero-order valence-corrected chi connectivity index (χ0v) is 11.7. The molecule has 1 N–H and O–H groups in total. The second-order valence-electron chi connectivity index (χ2n) is 4.89. The third-order valence-corrected chi connectivity index (χ3v) is 3.28. The van der Waals surface area contributed by atoms with Crippen LogP contribution in [0.15, 0.2) is 73.1 Å². The summed E-state index contributed by atoms with van der Waals surface area (Å²) >= 11 is 0. The highest BCUT2D eigenvalue weighted by atomic mass is 15.1. The molecular formula is C18H17N3. The maximum absolute atomic E-state index is 4.36. The first-order valence-corrected chi connectivity index (χ1v) is 7.07. The molecule has 1 aromatic heterocycles. The van der Waals surface area contributed by atoms with Gasteiger partial charge in [-0.25, -0.2) is 9.97 Å². The van der Waals surface area contributed by atoms with E-state index in [2.05, 4.69) is 39.6 Å². The molecule has 104 valence electrons. The van der Waals surface area contributed by atoms with Crippen LogP contribution < -0.4 is 5.32 Å². The van der Waals surface area contributed by atoms with Crippen molar-refractivity contribution >= 4 is 11.6 Å². The van der Waals surface area contributed by atoms with Gasteiger partial charge in [-0.1, -0.05) is 48.5 Å². The number of hydrogen-bond acceptors (Lipinski definition) is 3. The Morgan fingerprint density at radius 1 is 0.667 bits per heavy atom. The Bertz CT molecular complexity index is 664. The van der Waals surface area contributed by atoms with Crippen molar-refractivity contribution in [2.24, 2.45) is 0 Å². The number of anilines is 2. The van der Waals surface area contributed by atoms with Gasteiger partial charge in [-0.15, -0.1) is 0 Å². The van der Waals surface area contributed by atoms with E-state index in [0.717, 1.165) is 24.1 Å². The fourth-order valence-electron chi connectivity index (χ4n) is 2.13. The third-order valence-electron chi connectivity index (χ3n) is 3.28. The highest BCUT2D eigenvalue weighted by Gasteiger charge is 1.99. The van der Waals surface area contributed by atoms with Crippen molar-refractivity contribution in [2.75, 3.05) is 5.32 Å². The maximum atomic E-state index is 4.36. The molecule has 0 spiro atoms. The largest absolute Gasteiger partial charge is 0.324 e. The minimum Gasteiger partial charge on any atom is -0.324 e. The van der Waals surface area contributed by atoms with E-state index in [1.165, 1.54) is 5.56 Å². The predicted octanol–water partition coefficient (Wildman–Crippen LogP) is 4.01. The van der Waals surface area contributed by atoms with Crippen LogP contribution in [0.3, 0.4) is 0 Å². The molecule has 3 aromatic rings. The Labute approximate surface area is 124 Å². The van der Waals surface area contributed by atoms with Crippen LogP contribution in [-0.2, 0) is 12.8 Å². The normalized spacial score (nSPS) is 10.3. The van der Waals surface area contributed by atoms with Crippen LogP contribution in [-0.4, -0.2) is 9.97 Å². The molecule has 0 amide bonds. The molecule has 0 unspecified atom stereocenters. The molecular weight excluding hydrogens is 258 g/mol. The van der Waals surface area contributed by atoms with E-state index < -0.39 is 0 Å². The number of rotatable bonds is 5. The minimum atomic E-state index is 0.629. The molecule has 0 aliphatic carbocycles. The number of aromatic nitrogens is 2. The summed E-state index contributed by atoms with van der Waals surface area (Å²) in [6.07, 6.45) is 5.74. The molecule has 1 heterocycles. The Morgan fingerprint density at radius 2 is 1.24 bits per heavy atom. The molecule has 3 heteroatoms. The molecule has 0 radical (unpaired) electrons. The molecule has 3 rings (SSSR count). The Balaban J connectivity index is 1.59. The van der Waals surface area contributed by atoms with Gasteiger partial charge >= 0.3 is 0 Å². The van der Waals surface area contributed by atoms with E-state index in [9.17, 15) is 0 Å². The predicted molar refractivity (Wildman–Crippen MR) is 85.6 cm³/mol. The van der Waals surface area contributed by atoms with Gasteiger partial charge in [-0.05, 0) is 36.1 Å². The summed E-state index contributed by atoms with van der Waals surface area (Å²) in [5.41, 5.74) is 3.48. The summed E-state index contributed by atoms with van der Waals surface area (Å²) in [4.78, 5) is 8.73. The maximum Gasteiger partial charge on any atom is 0.227 e. The summed E-state index contributed by atoms with van der Waals surface area (Å²) in [5, 5.41) is 3.18. The third kappa shape index (κ3) is 3.89. The minimum absolute atomic E-state index is 0.629. The van der Waals surface area contributed by atoms with E-state index in [0.29, 0.717) is 5.95 Å². The number of nitrogens with one attached hydrogen (secondary N) is 1. The van der Waals surface area contributed by atoms with Gasteiger partial charge in [0.05, 0.1) is 0 Å². The van der Waals surface area contributed by atoms with Gasteiger partial charge in [0.15, 0.2) is 0 Å². The average molecular weight is 275 g/mol. The first-order chi connectivity index (χ1) is 10.4. The van der Waals surface area contributed by atoms with Crippen molar-refractivity contribution in [3.63, 3.8) is 0 Å². The summed E-state index contributed by atoms with van der Waals surface area (Å²) in [7, 11) is 0. The van der Waals surface area contributed by atoms with Crippen molar-refractivity contribution in [3.05, 3.63) is 84.2 Å². The van der Waals surface area contributed by atoms with Crippen LogP contribution in [0.4, 0.5) is 11.6 Å². The number of para-hydroxylation sites is 1. The molecule has 0 aliphatic heterocycles. The molecule has 0 saturated carbocycles. The van der Waals surface area contributed by atoms with Gasteiger partial charge < -0.3 is 5.32 Å². The van der Waals surface area contributed by atoms with Crippen LogP contribution >= 0.6 is 0 Å². The van der Waals surface area contributed by atoms with E-state index in [1.54, 1.807) is 0 Å². The quantitative estimate of drug-likeness (QED) is 0.764. The highest BCUT2D eigenvalue weighted by Crippen LogP contribution is 2.12. The van der Waals surface area contributed by atoms with Crippen LogP contribution in [0.5, 0.6) is 0 Å². The van der Waals surface area contributed by atoms with Gasteiger partial charge in [-0.3, -0.25) is 0 Å². The first-order valence-electron chi connectivity index (χ1n) is 7.07. The van der Waals surface area contributed by atoms with Crippen molar-refractivity contribution < 1.29 is 0 Å². The lowest BCUT2D eigenvalue weighted by Crippen LogP contribution is -1.99. The van der Waals surface area contributed by atoms with E-state index in [4.69, 9.17) is 0 Å². The summed E-state index contributed by atoms with van der Waals surface area (Å²) < 4.78 is 0. The standard InChI is InChI=1S/C18H17N3/c1-3-7-15(8-4-1)11-12-16-13-19-18(20-14-16)21-17-9-5-2-6-10-17/h1-10,13-14H,11-12H2,(H,19,20,21). The molecule has 0 fully saturated rings. The monoisotopic (exact) mass is 275 g/mol. The van der Waals surface area contributed by atoms with Gasteiger partial charge in [0.25, 0.3) is 0 Å². The lowest BCUT2D eigenvalue weighted by atomic mass is 10.1. The fourth-order valence-corrected chi connectivity index (χ4v) is 2.13. The number of nitrogens with zero attached hydrogens (tertiary/aromatic N) is 2. The van der Waals surface area contributed by atoms with Crippen LogP contribution in [0.25, 0.3) is 0 Å². The first kappa shape index (κ1) is 13.3. The molecule has 0 saturated heterocycles. The average Bonchev–Trinajstić information content (AvgIpc) is 2.56. The Kier molecular flexibility index (Phi) is 4.22. The lowest BCUT2D eigenvalue weighted by Gasteiger charge is -2.05. The van der Waals surface area contributed by atoms with Crippen LogP contribution in [0.1, 0.15) is 11.1 Å². The zero-order valence-electron chi connectivity index (χ0n) is 11.7. The van der Waals surface area contributed by atoms with E-state index in [-0.39, 0.29) is 0 Å². The number of aryl methyl sites for hydroxylation is 2. The summed E-state index contributed by atoms with van der Waals surface area (Å²) in [5.74, 6) is 0.629. The van der Waals surface area contributed by atoms with E-state index >= 15 is 0 Å². The Hall–Kier alpha value is -2.68. The van der Waals surface area contributed by atoms with Crippen LogP contribution in [0, 0.1) is 0 Å². The van der Waals surface area contributed by atoms with Crippen molar-refractivity contribution in [1.29, 1.82) is 0 Å². The second-order valence-corrected chi connectivity index (χ2v) is 4.89. The molecule has 0 aliphatic rings. The summed E-state index contributed by atoms with van der Waals surface area (Å²) in [6, 6.07) is 20.4. The van der Waals surface area contributed by atoms with Gasteiger partial charge in [0.1, 0.15) is 0 Å². The molecule has 0 atom stereocenters. The number of hydrogen-bond donors (Lipinski definition) is 1. The second kappa shape index (κ2) is 6.66. The van der Waals surface area contributed by atoms with Gasteiger partial charge in [0, 0.05) is 18.1 Å². The van der Waals surface area contributed by atoms with Crippen molar-refractivity contribution in [2.45, 2.75) is 12.8 Å². The summed E-state index contributed by atoms with van der Waals surface area (Å²) in [6.45, 7) is 0. The van der Waals surface area contributed by atoms with Crippen molar-refractivity contribution in [3.8, 4) is 0 Å². The molecule has 21 heavy (non-hydrogen) atoms. The van der Waals surface area contributed by atoms with Gasteiger partial charge in [0.2, 0.25) is 5.95 Å². The fraction of sp³-hybridized carbons (Fsp3) is 0.111. The Morgan fingerprint density at radius 3 is 1.90 bits per heavy atom. The topological polar surface area (TPSA) is 37.8 Å².